The van der Waals surface area contributed by atoms with Crippen LogP contribution in [0.3, 0.4) is 0 Å². The molecule has 1 aromatic rings. The Kier molecular flexibility index (Phi) is 5.54. The van der Waals surface area contributed by atoms with Crippen LogP contribution in [-0.4, -0.2) is 35.6 Å². The number of aromatic nitrogens is 2. The first kappa shape index (κ1) is 14.9. The molecule has 0 unspecified atom stereocenters. The molecule has 0 aliphatic carbocycles. The fourth-order valence-electron chi connectivity index (χ4n) is 1.10. The van der Waals surface area contributed by atoms with E-state index in [1.54, 1.807) is 0 Å². The standard InChI is InChI=1S/C10H16F3N3O2/c1-7(2)14-5-9-16-15-8(18-9)3-4-17-6-10(11,12)13/h7,14H,3-6H2,1-2H3. The van der Waals surface area contributed by atoms with Crippen LogP contribution in [0.5, 0.6) is 0 Å². The summed E-state index contributed by atoms with van der Waals surface area (Å²) < 4.78 is 45.0. The zero-order valence-electron chi connectivity index (χ0n) is 10.3. The zero-order chi connectivity index (χ0) is 13.6. The Hall–Kier alpha value is -1.15. The number of halogens is 3. The van der Waals surface area contributed by atoms with Crippen LogP contribution in [-0.2, 0) is 17.7 Å². The maximum absolute atomic E-state index is 11.8. The lowest BCUT2D eigenvalue weighted by Crippen LogP contribution is -2.21. The number of hydrogen-bond donors (Lipinski definition) is 1. The second-order valence-corrected chi connectivity index (χ2v) is 4.04. The molecular formula is C10H16F3N3O2. The summed E-state index contributed by atoms with van der Waals surface area (Å²) in [6, 6.07) is 0.287. The molecule has 1 rings (SSSR count). The summed E-state index contributed by atoms with van der Waals surface area (Å²) in [6.45, 7) is 3.03. The van der Waals surface area contributed by atoms with E-state index in [9.17, 15) is 13.2 Å². The summed E-state index contributed by atoms with van der Waals surface area (Å²) in [5, 5.41) is 10.6. The average Bonchev–Trinajstić information content (AvgIpc) is 2.68. The lowest BCUT2D eigenvalue weighted by Gasteiger charge is -2.05. The molecule has 18 heavy (non-hydrogen) atoms. The summed E-state index contributed by atoms with van der Waals surface area (Å²) in [4.78, 5) is 0. The molecule has 0 spiro atoms. The van der Waals surface area contributed by atoms with E-state index < -0.39 is 12.8 Å². The number of hydrogen-bond acceptors (Lipinski definition) is 5. The third kappa shape index (κ3) is 6.55. The van der Waals surface area contributed by atoms with Gasteiger partial charge in [-0.15, -0.1) is 10.2 Å². The highest BCUT2D eigenvalue weighted by molar-refractivity contribution is 4.82. The first-order valence-corrected chi connectivity index (χ1v) is 5.56. The molecule has 0 radical (unpaired) electrons. The summed E-state index contributed by atoms with van der Waals surface area (Å²) >= 11 is 0. The van der Waals surface area contributed by atoms with Crippen molar-refractivity contribution in [1.82, 2.24) is 15.5 Å². The Morgan fingerprint density at radius 1 is 1.28 bits per heavy atom. The summed E-state index contributed by atoms with van der Waals surface area (Å²) in [6.07, 6.45) is -4.13. The summed E-state index contributed by atoms with van der Waals surface area (Å²) in [5.74, 6) is 0.687. The van der Waals surface area contributed by atoms with Crippen LogP contribution < -0.4 is 5.32 Å². The van der Waals surface area contributed by atoms with Gasteiger partial charge in [-0.05, 0) is 0 Å². The lowest BCUT2D eigenvalue weighted by molar-refractivity contribution is -0.173. The first-order valence-electron chi connectivity index (χ1n) is 5.56. The Bertz CT molecular complexity index is 352. The highest BCUT2D eigenvalue weighted by Crippen LogP contribution is 2.14. The van der Waals surface area contributed by atoms with Gasteiger partial charge in [0, 0.05) is 12.5 Å². The number of rotatable bonds is 7. The summed E-state index contributed by atoms with van der Waals surface area (Å²) in [5.41, 5.74) is 0. The maximum atomic E-state index is 11.8. The molecule has 1 N–H and O–H groups in total. The van der Waals surface area contributed by atoms with Crippen LogP contribution >= 0.6 is 0 Å². The van der Waals surface area contributed by atoms with E-state index in [1.807, 2.05) is 13.8 Å². The molecular weight excluding hydrogens is 251 g/mol. The van der Waals surface area contributed by atoms with Gasteiger partial charge in [0.1, 0.15) is 6.61 Å². The quantitative estimate of drug-likeness (QED) is 0.762. The third-order valence-corrected chi connectivity index (χ3v) is 1.90. The number of alkyl halides is 3. The van der Waals surface area contributed by atoms with Gasteiger partial charge in [-0.25, -0.2) is 0 Å². The van der Waals surface area contributed by atoms with Gasteiger partial charge in [0.25, 0.3) is 0 Å². The van der Waals surface area contributed by atoms with Gasteiger partial charge in [0.05, 0.1) is 13.2 Å². The maximum Gasteiger partial charge on any atom is 0.411 e. The van der Waals surface area contributed by atoms with Crippen molar-refractivity contribution in [2.45, 2.75) is 39.0 Å². The highest BCUT2D eigenvalue weighted by Gasteiger charge is 2.27. The molecule has 8 heteroatoms. The normalized spacial score (nSPS) is 12.3. The molecule has 0 amide bonds. The van der Waals surface area contributed by atoms with Gasteiger partial charge in [0.15, 0.2) is 0 Å². The molecule has 0 aliphatic heterocycles. The Morgan fingerprint density at radius 2 is 1.94 bits per heavy atom. The van der Waals surface area contributed by atoms with E-state index in [0.29, 0.717) is 12.4 Å². The third-order valence-electron chi connectivity index (χ3n) is 1.90. The van der Waals surface area contributed by atoms with Gasteiger partial charge in [-0.1, -0.05) is 13.8 Å². The Balaban J connectivity index is 2.23. The zero-order valence-corrected chi connectivity index (χ0v) is 10.3. The smallest absolute Gasteiger partial charge is 0.411 e. The van der Waals surface area contributed by atoms with E-state index in [-0.39, 0.29) is 25.0 Å². The molecule has 0 bridgehead atoms. The molecule has 0 aliphatic rings. The first-order chi connectivity index (χ1) is 8.37. The van der Waals surface area contributed by atoms with Crippen molar-refractivity contribution >= 4 is 0 Å². The predicted octanol–water partition coefficient (Wildman–Crippen LogP) is 1.69. The largest absolute Gasteiger partial charge is 0.424 e. The van der Waals surface area contributed by atoms with Crippen LogP contribution in [0, 0.1) is 0 Å². The van der Waals surface area contributed by atoms with Crippen molar-refractivity contribution in [3.63, 3.8) is 0 Å². The van der Waals surface area contributed by atoms with Gasteiger partial charge >= 0.3 is 6.18 Å². The molecule has 0 saturated carbocycles. The molecule has 0 saturated heterocycles. The van der Waals surface area contributed by atoms with Gasteiger partial charge in [-0.2, -0.15) is 13.2 Å². The minimum absolute atomic E-state index is 0.0985. The lowest BCUT2D eigenvalue weighted by atomic mass is 10.4. The van der Waals surface area contributed by atoms with Crippen molar-refractivity contribution in [2.75, 3.05) is 13.2 Å². The molecule has 104 valence electrons. The van der Waals surface area contributed by atoms with Crippen molar-refractivity contribution in [3.05, 3.63) is 11.8 Å². The second-order valence-electron chi connectivity index (χ2n) is 4.04. The molecule has 0 aromatic carbocycles. The van der Waals surface area contributed by atoms with Gasteiger partial charge in [0.2, 0.25) is 11.8 Å². The Morgan fingerprint density at radius 3 is 2.56 bits per heavy atom. The number of nitrogens with zero attached hydrogens (tertiary/aromatic N) is 2. The minimum atomic E-state index is -4.30. The van der Waals surface area contributed by atoms with Crippen LogP contribution in [0.15, 0.2) is 4.42 Å². The van der Waals surface area contributed by atoms with Gasteiger partial charge in [-0.3, -0.25) is 0 Å². The van der Waals surface area contributed by atoms with Crippen LogP contribution in [0.4, 0.5) is 13.2 Å². The van der Waals surface area contributed by atoms with Crippen molar-refractivity contribution < 1.29 is 22.3 Å². The fraction of sp³-hybridized carbons (Fsp3) is 0.800. The molecule has 0 fully saturated rings. The van der Waals surface area contributed by atoms with E-state index in [0.717, 1.165) is 0 Å². The fourth-order valence-corrected chi connectivity index (χ4v) is 1.10. The van der Waals surface area contributed by atoms with Crippen LogP contribution in [0.2, 0.25) is 0 Å². The molecule has 5 nitrogen and oxygen atoms in total. The molecule has 0 atom stereocenters. The summed E-state index contributed by atoms with van der Waals surface area (Å²) in [7, 11) is 0. The Labute approximate surface area is 103 Å². The molecule has 1 aromatic heterocycles. The average molecular weight is 267 g/mol. The topological polar surface area (TPSA) is 60.2 Å². The number of nitrogens with one attached hydrogen (secondary N) is 1. The highest BCUT2D eigenvalue weighted by atomic mass is 19.4. The number of ether oxygens (including phenoxy) is 1. The van der Waals surface area contributed by atoms with Crippen LogP contribution in [0.1, 0.15) is 25.6 Å². The van der Waals surface area contributed by atoms with Crippen molar-refractivity contribution in [2.24, 2.45) is 0 Å². The van der Waals surface area contributed by atoms with E-state index in [1.165, 1.54) is 0 Å². The second kappa shape index (κ2) is 6.69. The predicted molar refractivity (Wildman–Crippen MR) is 56.9 cm³/mol. The van der Waals surface area contributed by atoms with E-state index in [2.05, 4.69) is 20.3 Å². The minimum Gasteiger partial charge on any atom is -0.424 e. The van der Waals surface area contributed by atoms with Gasteiger partial charge < -0.3 is 14.5 Å². The molecule has 1 heterocycles. The monoisotopic (exact) mass is 267 g/mol. The SMILES string of the molecule is CC(C)NCc1nnc(CCOCC(F)(F)F)o1. The van der Waals surface area contributed by atoms with Crippen molar-refractivity contribution in [1.29, 1.82) is 0 Å². The van der Waals surface area contributed by atoms with Crippen molar-refractivity contribution in [3.8, 4) is 0 Å². The van der Waals surface area contributed by atoms with E-state index >= 15 is 0 Å². The van der Waals surface area contributed by atoms with Crippen LogP contribution in [0.25, 0.3) is 0 Å². The van der Waals surface area contributed by atoms with E-state index in [4.69, 9.17) is 4.42 Å².